The molecule has 0 aliphatic rings. The zero-order valence-electron chi connectivity index (χ0n) is 10.5. The largest absolute Gasteiger partial charge is 0.432 e. The van der Waals surface area contributed by atoms with Gasteiger partial charge in [-0.15, -0.1) is 0 Å². The summed E-state index contributed by atoms with van der Waals surface area (Å²) < 4.78 is 4.97. The molecule has 0 amide bonds. The third-order valence-corrected chi connectivity index (χ3v) is 2.59. The van der Waals surface area contributed by atoms with Crippen LogP contribution in [0.4, 0.5) is 0 Å². The van der Waals surface area contributed by atoms with Crippen molar-refractivity contribution < 1.29 is 9.53 Å². The van der Waals surface area contributed by atoms with Gasteiger partial charge in [0.1, 0.15) is 5.76 Å². The van der Waals surface area contributed by atoms with E-state index in [4.69, 9.17) is 4.74 Å². The molecule has 0 aromatic heterocycles. The number of carbonyl (C=O) groups excluding carboxylic acids is 1. The van der Waals surface area contributed by atoms with Crippen LogP contribution in [0, 0.1) is 5.92 Å². The first-order valence-electron chi connectivity index (χ1n) is 5.95. The summed E-state index contributed by atoms with van der Waals surface area (Å²) in [5.41, 5.74) is 0. The Bertz CT molecular complexity index is 207. The van der Waals surface area contributed by atoms with Gasteiger partial charge in [0.25, 0.3) is 0 Å². The lowest BCUT2D eigenvalue weighted by atomic mass is 9.96. The van der Waals surface area contributed by atoms with Crippen molar-refractivity contribution in [2.75, 3.05) is 0 Å². The first-order chi connectivity index (χ1) is 7.10. The summed E-state index contributed by atoms with van der Waals surface area (Å²) in [5.74, 6) is 1.23. The standard InChI is InChI=1S/C13H24O2/c1-5-7-8-13(6-2)10-9-11(3)15-12(4)14/h9,13H,5-8,10H2,1-4H3/b11-9+/t13-/m1/s1. The normalized spacial score (nSPS) is 13.7. The minimum atomic E-state index is -0.231. The van der Waals surface area contributed by atoms with Crippen LogP contribution in [-0.4, -0.2) is 5.97 Å². The maximum Gasteiger partial charge on any atom is 0.307 e. The molecular formula is C13H24O2. The topological polar surface area (TPSA) is 26.3 Å². The van der Waals surface area contributed by atoms with Crippen molar-refractivity contribution in [1.82, 2.24) is 0 Å². The minimum absolute atomic E-state index is 0.231. The molecule has 0 unspecified atom stereocenters. The average molecular weight is 212 g/mol. The number of carbonyl (C=O) groups is 1. The molecule has 0 spiro atoms. The predicted octanol–water partition coefficient (Wildman–Crippen LogP) is 4.06. The molecular weight excluding hydrogens is 188 g/mol. The van der Waals surface area contributed by atoms with E-state index in [1.165, 1.54) is 32.6 Å². The summed E-state index contributed by atoms with van der Waals surface area (Å²) >= 11 is 0. The highest BCUT2D eigenvalue weighted by Crippen LogP contribution is 2.18. The Kier molecular flexibility index (Phi) is 8.06. The van der Waals surface area contributed by atoms with E-state index in [1.807, 2.05) is 13.0 Å². The van der Waals surface area contributed by atoms with Crippen molar-refractivity contribution in [3.05, 3.63) is 11.8 Å². The second-order valence-corrected chi connectivity index (χ2v) is 4.06. The molecule has 2 heteroatoms. The van der Waals surface area contributed by atoms with Gasteiger partial charge >= 0.3 is 5.97 Å². The van der Waals surface area contributed by atoms with E-state index in [0.29, 0.717) is 0 Å². The zero-order chi connectivity index (χ0) is 11.7. The van der Waals surface area contributed by atoms with Crippen molar-refractivity contribution in [2.24, 2.45) is 5.92 Å². The lowest BCUT2D eigenvalue weighted by Crippen LogP contribution is -2.00. The maximum absolute atomic E-state index is 10.7. The number of allylic oxidation sites excluding steroid dienone is 2. The Labute approximate surface area is 93.7 Å². The van der Waals surface area contributed by atoms with Crippen LogP contribution in [0.25, 0.3) is 0 Å². The molecule has 88 valence electrons. The third kappa shape index (κ3) is 8.22. The molecule has 0 heterocycles. The Morgan fingerprint density at radius 1 is 1.33 bits per heavy atom. The van der Waals surface area contributed by atoms with Gasteiger partial charge in [-0.2, -0.15) is 0 Å². The van der Waals surface area contributed by atoms with E-state index in [0.717, 1.165) is 18.1 Å². The predicted molar refractivity (Wildman–Crippen MR) is 63.4 cm³/mol. The fourth-order valence-electron chi connectivity index (χ4n) is 1.58. The highest BCUT2D eigenvalue weighted by atomic mass is 16.5. The molecule has 1 atom stereocenters. The highest BCUT2D eigenvalue weighted by Gasteiger charge is 2.04. The Morgan fingerprint density at radius 2 is 2.00 bits per heavy atom. The molecule has 0 fully saturated rings. The molecule has 0 saturated carbocycles. The molecule has 0 aliphatic carbocycles. The molecule has 0 rings (SSSR count). The van der Waals surface area contributed by atoms with Crippen LogP contribution < -0.4 is 0 Å². The van der Waals surface area contributed by atoms with Gasteiger partial charge in [-0.25, -0.2) is 0 Å². The van der Waals surface area contributed by atoms with E-state index < -0.39 is 0 Å². The molecule has 0 aromatic rings. The number of ether oxygens (including phenoxy) is 1. The highest BCUT2D eigenvalue weighted by molar-refractivity contribution is 5.67. The molecule has 2 nitrogen and oxygen atoms in total. The minimum Gasteiger partial charge on any atom is -0.432 e. The Balaban J connectivity index is 3.90. The van der Waals surface area contributed by atoms with E-state index in [-0.39, 0.29) is 5.97 Å². The van der Waals surface area contributed by atoms with Crippen LogP contribution in [0.15, 0.2) is 11.8 Å². The number of hydrogen-bond donors (Lipinski definition) is 0. The molecule has 0 bridgehead atoms. The Morgan fingerprint density at radius 3 is 2.47 bits per heavy atom. The first-order valence-corrected chi connectivity index (χ1v) is 5.95. The summed E-state index contributed by atoms with van der Waals surface area (Å²) in [5, 5.41) is 0. The van der Waals surface area contributed by atoms with Gasteiger partial charge in [0.2, 0.25) is 0 Å². The first kappa shape index (κ1) is 14.2. The number of esters is 1. The van der Waals surface area contributed by atoms with Gasteiger partial charge in [-0.3, -0.25) is 4.79 Å². The van der Waals surface area contributed by atoms with E-state index in [2.05, 4.69) is 13.8 Å². The second kappa shape index (κ2) is 8.51. The lowest BCUT2D eigenvalue weighted by molar-refractivity contribution is -0.136. The van der Waals surface area contributed by atoms with Crippen molar-refractivity contribution in [3.8, 4) is 0 Å². The summed E-state index contributed by atoms with van der Waals surface area (Å²) in [7, 11) is 0. The number of unbranched alkanes of at least 4 members (excludes halogenated alkanes) is 1. The quantitative estimate of drug-likeness (QED) is 0.470. The van der Waals surface area contributed by atoms with Gasteiger partial charge in [0, 0.05) is 6.92 Å². The fraction of sp³-hybridized carbons (Fsp3) is 0.769. The SMILES string of the molecule is CCCC[C@@H](CC)C/C=C(\C)OC(C)=O. The number of hydrogen-bond acceptors (Lipinski definition) is 2. The van der Waals surface area contributed by atoms with Crippen LogP contribution in [0.2, 0.25) is 0 Å². The average Bonchev–Trinajstić information content (AvgIpc) is 2.17. The Hall–Kier alpha value is -0.790. The van der Waals surface area contributed by atoms with E-state index in [9.17, 15) is 4.79 Å². The van der Waals surface area contributed by atoms with Crippen LogP contribution >= 0.6 is 0 Å². The van der Waals surface area contributed by atoms with Crippen LogP contribution in [0.5, 0.6) is 0 Å². The van der Waals surface area contributed by atoms with Crippen LogP contribution in [0.3, 0.4) is 0 Å². The van der Waals surface area contributed by atoms with Crippen molar-refractivity contribution in [3.63, 3.8) is 0 Å². The number of rotatable bonds is 7. The molecule has 0 aromatic carbocycles. The molecule has 15 heavy (non-hydrogen) atoms. The van der Waals surface area contributed by atoms with Crippen molar-refractivity contribution >= 4 is 5.97 Å². The van der Waals surface area contributed by atoms with Crippen molar-refractivity contribution in [1.29, 1.82) is 0 Å². The maximum atomic E-state index is 10.7. The summed E-state index contributed by atoms with van der Waals surface area (Å²) in [6.45, 7) is 7.71. The molecule has 0 aliphatic heterocycles. The van der Waals surface area contributed by atoms with Gasteiger partial charge in [-0.1, -0.05) is 39.5 Å². The zero-order valence-corrected chi connectivity index (χ0v) is 10.5. The smallest absolute Gasteiger partial charge is 0.307 e. The lowest BCUT2D eigenvalue weighted by Gasteiger charge is -2.12. The van der Waals surface area contributed by atoms with Gasteiger partial charge < -0.3 is 4.74 Å². The van der Waals surface area contributed by atoms with E-state index in [1.54, 1.807) is 0 Å². The van der Waals surface area contributed by atoms with Gasteiger partial charge in [0.05, 0.1) is 0 Å². The molecule has 0 radical (unpaired) electrons. The van der Waals surface area contributed by atoms with Crippen molar-refractivity contribution in [2.45, 2.75) is 59.8 Å². The molecule has 0 N–H and O–H groups in total. The molecule has 0 saturated heterocycles. The second-order valence-electron chi connectivity index (χ2n) is 4.06. The summed E-state index contributed by atoms with van der Waals surface area (Å²) in [6, 6.07) is 0. The van der Waals surface area contributed by atoms with E-state index >= 15 is 0 Å². The van der Waals surface area contributed by atoms with Gasteiger partial charge in [-0.05, 0) is 25.3 Å². The monoisotopic (exact) mass is 212 g/mol. The van der Waals surface area contributed by atoms with Gasteiger partial charge in [0.15, 0.2) is 0 Å². The fourth-order valence-corrected chi connectivity index (χ4v) is 1.58. The summed E-state index contributed by atoms with van der Waals surface area (Å²) in [4.78, 5) is 10.7. The third-order valence-electron chi connectivity index (χ3n) is 2.59. The summed E-state index contributed by atoms with van der Waals surface area (Å²) in [6.07, 6.45) is 8.07. The van der Waals surface area contributed by atoms with Crippen LogP contribution in [-0.2, 0) is 9.53 Å². The van der Waals surface area contributed by atoms with Crippen LogP contribution in [0.1, 0.15) is 59.8 Å².